The Bertz CT molecular complexity index is 1090. The number of halogens is 2. The van der Waals surface area contributed by atoms with Gasteiger partial charge in [-0.1, -0.05) is 62.3 Å². The third-order valence-corrected chi connectivity index (χ3v) is 5.53. The highest BCUT2D eigenvalue weighted by Gasteiger charge is 2.10. The van der Waals surface area contributed by atoms with Gasteiger partial charge in [-0.25, -0.2) is 8.78 Å². The molecule has 0 saturated carbocycles. The van der Waals surface area contributed by atoms with Gasteiger partial charge in [0.1, 0.15) is 23.1 Å². The SMILES string of the molecule is CCCCCCC(C)Oc1ccc(-c2ccc(C#Cc3c(F)cc(OCC)cc3F)cc2)cc1. The van der Waals surface area contributed by atoms with E-state index < -0.39 is 11.6 Å². The minimum absolute atomic E-state index is 0.158. The van der Waals surface area contributed by atoms with Crippen LogP contribution in [0.2, 0.25) is 0 Å². The van der Waals surface area contributed by atoms with Crippen molar-refractivity contribution in [1.82, 2.24) is 0 Å². The Hall–Kier alpha value is -3.32. The highest BCUT2D eigenvalue weighted by molar-refractivity contribution is 5.65. The molecule has 0 aliphatic carbocycles. The zero-order chi connectivity index (χ0) is 24.3. The summed E-state index contributed by atoms with van der Waals surface area (Å²) in [6.07, 6.45) is 6.24. The van der Waals surface area contributed by atoms with Crippen LogP contribution >= 0.6 is 0 Å². The van der Waals surface area contributed by atoms with Gasteiger partial charge in [-0.15, -0.1) is 0 Å². The first kappa shape index (κ1) is 25.3. The lowest BCUT2D eigenvalue weighted by atomic mass is 10.0. The molecule has 2 nitrogen and oxygen atoms in total. The molecule has 3 aromatic carbocycles. The summed E-state index contributed by atoms with van der Waals surface area (Å²) in [5, 5.41) is 0. The third-order valence-electron chi connectivity index (χ3n) is 5.53. The second-order valence-electron chi connectivity index (χ2n) is 8.32. The van der Waals surface area contributed by atoms with Crippen molar-refractivity contribution in [2.45, 2.75) is 59.0 Å². The van der Waals surface area contributed by atoms with Crippen molar-refractivity contribution in [3.05, 3.63) is 83.4 Å². The maximum absolute atomic E-state index is 14.2. The first-order valence-electron chi connectivity index (χ1n) is 12.0. The van der Waals surface area contributed by atoms with Gasteiger partial charge in [0.05, 0.1) is 18.3 Å². The lowest BCUT2D eigenvalue weighted by Crippen LogP contribution is -2.11. The molecule has 0 fully saturated rings. The summed E-state index contributed by atoms with van der Waals surface area (Å²) in [6.45, 7) is 6.43. The van der Waals surface area contributed by atoms with Gasteiger partial charge in [0.15, 0.2) is 0 Å². The summed E-state index contributed by atoms with van der Waals surface area (Å²) in [5.41, 5.74) is 2.50. The molecule has 4 heteroatoms. The lowest BCUT2D eigenvalue weighted by Gasteiger charge is -2.15. The number of benzene rings is 3. The van der Waals surface area contributed by atoms with Crippen LogP contribution in [0, 0.1) is 23.5 Å². The molecule has 3 rings (SSSR count). The predicted octanol–water partition coefficient (Wildman–Crippen LogP) is 8.17. The Labute approximate surface area is 201 Å². The van der Waals surface area contributed by atoms with E-state index in [-0.39, 0.29) is 17.4 Å². The lowest BCUT2D eigenvalue weighted by molar-refractivity contribution is 0.206. The zero-order valence-corrected chi connectivity index (χ0v) is 20.2. The summed E-state index contributed by atoms with van der Waals surface area (Å²) in [7, 11) is 0. The van der Waals surface area contributed by atoms with Crippen LogP contribution in [0.1, 0.15) is 64.0 Å². The average Bonchev–Trinajstić information content (AvgIpc) is 2.82. The maximum atomic E-state index is 14.2. The highest BCUT2D eigenvalue weighted by Crippen LogP contribution is 2.24. The number of ether oxygens (including phenoxy) is 2. The Balaban J connectivity index is 1.62. The quantitative estimate of drug-likeness (QED) is 0.223. The van der Waals surface area contributed by atoms with Crippen molar-refractivity contribution >= 4 is 0 Å². The Morgan fingerprint density at radius 1 is 0.765 bits per heavy atom. The van der Waals surface area contributed by atoms with Crippen LogP contribution in [0.15, 0.2) is 60.7 Å². The van der Waals surface area contributed by atoms with Crippen molar-refractivity contribution in [1.29, 1.82) is 0 Å². The summed E-state index contributed by atoms with van der Waals surface area (Å²) in [5.74, 6) is 5.00. The molecule has 0 heterocycles. The van der Waals surface area contributed by atoms with E-state index in [1.165, 1.54) is 25.7 Å². The second kappa shape index (κ2) is 12.8. The standard InChI is InChI=1S/C30H32F2O2/c1-4-6-7-8-9-22(3)34-26-17-15-25(16-18-26)24-13-10-23(11-14-24)12-19-28-29(31)20-27(33-5-2)21-30(28)32/h10-11,13-18,20-22H,4-9H2,1-3H3. The fraction of sp³-hybridized carbons (Fsp3) is 0.333. The van der Waals surface area contributed by atoms with Crippen LogP contribution in [-0.2, 0) is 0 Å². The number of hydrogen-bond donors (Lipinski definition) is 0. The number of rotatable bonds is 10. The first-order valence-corrected chi connectivity index (χ1v) is 12.0. The van der Waals surface area contributed by atoms with E-state index in [4.69, 9.17) is 9.47 Å². The van der Waals surface area contributed by atoms with Gasteiger partial charge in [0, 0.05) is 17.7 Å². The molecule has 0 N–H and O–H groups in total. The Morgan fingerprint density at radius 3 is 1.97 bits per heavy atom. The topological polar surface area (TPSA) is 18.5 Å². The van der Waals surface area contributed by atoms with E-state index in [0.29, 0.717) is 12.2 Å². The van der Waals surface area contributed by atoms with Crippen LogP contribution in [0.3, 0.4) is 0 Å². The van der Waals surface area contributed by atoms with E-state index >= 15 is 0 Å². The summed E-state index contributed by atoms with van der Waals surface area (Å²) >= 11 is 0. The molecule has 0 saturated heterocycles. The second-order valence-corrected chi connectivity index (χ2v) is 8.32. The van der Waals surface area contributed by atoms with Gasteiger partial charge in [0.2, 0.25) is 0 Å². The van der Waals surface area contributed by atoms with Gasteiger partial charge >= 0.3 is 0 Å². The molecule has 34 heavy (non-hydrogen) atoms. The Kier molecular flexibility index (Phi) is 9.52. The highest BCUT2D eigenvalue weighted by atomic mass is 19.1. The van der Waals surface area contributed by atoms with Crippen LogP contribution in [0.5, 0.6) is 11.5 Å². The largest absolute Gasteiger partial charge is 0.494 e. The van der Waals surface area contributed by atoms with E-state index in [9.17, 15) is 8.78 Å². The third kappa shape index (κ3) is 7.35. The number of hydrogen-bond acceptors (Lipinski definition) is 2. The van der Waals surface area contributed by atoms with Crippen molar-refractivity contribution in [2.24, 2.45) is 0 Å². The molecule has 178 valence electrons. The summed E-state index contributed by atoms with van der Waals surface area (Å²) in [6, 6.07) is 17.9. The van der Waals surface area contributed by atoms with Crippen LogP contribution in [0.25, 0.3) is 11.1 Å². The fourth-order valence-corrected chi connectivity index (χ4v) is 3.68. The molecule has 0 radical (unpaired) electrons. The monoisotopic (exact) mass is 462 g/mol. The molecule has 0 aliphatic heterocycles. The van der Waals surface area contributed by atoms with Crippen LogP contribution in [0.4, 0.5) is 8.78 Å². The molecule has 0 spiro atoms. The smallest absolute Gasteiger partial charge is 0.145 e. The average molecular weight is 463 g/mol. The van der Waals surface area contributed by atoms with E-state index in [1.807, 2.05) is 48.5 Å². The van der Waals surface area contributed by atoms with Gasteiger partial charge in [-0.3, -0.25) is 0 Å². The molecule has 3 aromatic rings. The van der Waals surface area contributed by atoms with Crippen molar-refractivity contribution in [3.63, 3.8) is 0 Å². The van der Waals surface area contributed by atoms with Crippen LogP contribution < -0.4 is 9.47 Å². The van der Waals surface area contributed by atoms with Crippen molar-refractivity contribution in [3.8, 4) is 34.5 Å². The van der Waals surface area contributed by atoms with Gasteiger partial charge in [-0.2, -0.15) is 0 Å². The van der Waals surface area contributed by atoms with Gasteiger partial charge < -0.3 is 9.47 Å². The minimum atomic E-state index is -0.731. The maximum Gasteiger partial charge on any atom is 0.145 e. The van der Waals surface area contributed by atoms with Crippen molar-refractivity contribution < 1.29 is 18.3 Å². The molecule has 0 aliphatic rings. The summed E-state index contributed by atoms with van der Waals surface area (Å²) < 4.78 is 39.6. The van der Waals surface area contributed by atoms with Gasteiger partial charge in [0.25, 0.3) is 0 Å². The molecule has 1 atom stereocenters. The van der Waals surface area contributed by atoms with E-state index in [2.05, 4.69) is 25.7 Å². The first-order chi connectivity index (χ1) is 16.5. The normalized spacial score (nSPS) is 11.4. The molecule has 0 amide bonds. The number of unbranched alkanes of at least 4 members (excludes halogenated alkanes) is 3. The van der Waals surface area contributed by atoms with E-state index in [1.54, 1.807) is 6.92 Å². The molecule has 1 unspecified atom stereocenters. The molecule has 0 aromatic heterocycles. The van der Waals surface area contributed by atoms with Gasteiger partial charge in [-0.05, 0) is 62.1 Å². The van der Waals surface area contributed by atoms with Crippen LogP contribution in [-0.4, -0.2) is 12.7 Å². The van der Waals surface area contributed by atoms with E-state index in [0.717, 1.165) is 35.4 Å². The predicted molar refractivity (Wildman–Crippen MR) is 134 cm³/mol. The molecular formula is C30H32F2O2. The van der Waals surface area contributed by atoms with Crippen molar-refractivity contribution in [2.75, 3.05) is 6.61 Å². The zero-order valence-electron chi connectivity index (χ0n) is 20.2. The molecule has 0 bridgehead atoms. The Morgan fingerprint density at radius 2 is 1.38 bits per heavy atom. The summed E-state index contributed by atoms with van der Waals surface area (Å²) in [4.78, 5) is 0. The fourth-order valence-electron chi connectivity index (χ4n) is 3.68. The molecular weight excluding hydrogens is 430 g/mol. The minimum Gasteiger partial charge on any atom is -0.494 e.